The van der Waals surface area contributed by atoms with Gasteiger partial charge in [-0.15, -0.1) is 0 Å². The van der Waals surface area contributed by atoms with Crippen LogP contribution in [0.1, 0.15) is 43.1 Å². The number of fused-ring (bicyclic) bond motifs is 1. The van der Waals surface area contributed by atoms with Crippen molar-refractivity contribution in [3.05, 3.63) is 82.1 Å². The molecule has 1 unspecified atom stereocenters. The molecule has 0 saturated heterocycles. The Labute approximate surface area is 214 Å². The fourth-order valence-electron chi connectivity index (χ4n) is 4.41. The minimum absolute atomic E-state index is 0.122. The van der Waals surface area contributed by atoms with Crippen LogP contribution in [0.25, 0.3) is 11.1 Å². The molecular weight excluding hydrogens is 485 g/mol. The zero-order valence-corrected chi connectivity index (χ0v) is 20.9. The van der Waals surface area contributed by atoms with E-state index in [2.05, 4.69) is 5.32 Å². The van der Waals surface area contributed by atoms with Gasteiger partial charge in [-0.1, -0.05) is 48.0 Å². The molecule has 0 fully saturated rings. The summed E-state index contributed by atoms with van der Waals surface area (Å²) < 4.78 is 26.6. The van der Waals surface area contributed by atoms with E-state index in [1.165, 1.54) is 13.0 Å². The van der Waals surface area contributed by atoms with E-state index in [1.807, 2.05) is 31.2 Å². The lowest BCUT2D eigenvalue weighted by atomic mass is 9.96. The molecule has 2 atom stereocenters. The van der Waals surface area contributed by atoms with Crippen molar-refractivity contribution in [2.75, 3.05) is 13.2 Å². The van der Waals surface area contributed by atoms with E-state index >= 15 is 0 Å². The van der Waals surface area contributed by atoms with Crippen LogP contribution in [0.4, 0.5) is 4.39 Å². The first-order valence-corrected chi connectivity index (χ1v) is 12.2. The number of ether oxygens (including phenoxy) is 2. The van der Waals surface area contributed by atoms with Crippen LogP contribution in [0.3, 0.4) is 0 Å². The number of rotatable bonds is 10. The summed E-state index contributed by atoms with van der Waals surface area (Å²) in [7, 11) is 0. The highest BCUT2D eigenvalue weighted by molar-refractivity contribution is 6.32. The van der Waals surface area contributed by atoms with Crippen molar-refractivity contribution < 1.29 is 28.9 Å². The van der Waals surface area contributed by atoms with E-state index in [4.69, 9.17) is 21.1 Å². The second kappa shape index (κ2) is 10.9. The van der Waals surface area contributed by atoms with Crippen LogP contribution >= 0.6 is 11.6 Å². The topological polar surface area (TPSA) is 88.0 Å². The number of carbonyl (C=O) groups is 1. The van der Waals surface area contributed by atoms with Gasteiger partial charge in [-0.3, -0.25) is 10.1 Å². The number of hydrogen-bond donors (Lipinski definition) is 3. The highest BCUT2D eigenvalue weighted by atomic mass is 35.5. The Hall–Kier alpha value is -3.13. The largest absolute Gasteiger partial charge is 0.493 e. The van der Waals surface area contributed by atoms with Crippen LogP contribution in [0, 0.1) is 5.82 Å². The predicted octanol–water partition coefficient (Wildman–Crippen LogP) is 5.54. The third kappa shape index (κ3) is 5.19. The molecule has 3 aromatic carbocycles. The van der Waals surface area contributed by atoms with Gasteiger partial charge in [-0.25, -0.2) is 4.39 Å². The van der Waals surface area contributed by atoms with Gasteiger partial charge in [0.1, 0.15) is 29.0 Å². The predicted molar refractivity (Wildman–Crippen MR) is 136 cm³/mol. The maximum atomic E-state index is 14.5. The number of aliphatic hydroxyl groups is 1. The van der Waals surface area contributed by atoms with Gasteiger partial charge in [0.25, 0.3) is 0 Å². The van der Waals surface area contributed by atoms with Gasteiger partial charge in [0, 0.05) is 23.7 Å². The number of aliphatic carboxylic acids is 1. The fraction of sp³-hybridized carbons (Fsp3) is 0.321. The van der Waals surface area contributed by atoms with Crippen molar-refractivity contribution in [2.45, 2.75) is 44.9 Å². The number of halogens is 2. The summed E-state index contributed by atoms with van der Waals surface area (Å²) in [5.41, 5.74) is 2.63. The molecule has 3 N–H and O–H groups in total. The monoisotopic (exact) mass is 513 g/mol. The molecule has 4 rings (SSSR count). The first kappa shape index (κ1) is 25.9. The number of hydrogen-bond acceptors (Lipinski definition) is 5. The second-order valence-electron chi connectivity index (χ2n) is 8.97. The van der Waals surface area contributed by atoms with Crippen molar-refractivity contribution in [3.63, 3.8) is 0 Å². The minimum Gasteiger partial charge on any atom is -0.493 e. The lowest BCUT2D eigenvalue weighted by molar-refractivity contribution is -0.145. The molecule has 6 nitrogen and oxygen atoms in total. The number of carboxylic acid groups (broad SMARTS) is 1. The van der Waals surface area contributed by atoms with E-state index in [0.717, 1.165) is 29.5 Å². The van der Waals surface area contributed by atoms with Gasteiger partial charge in [0.15, 0.2) is 0 Å². The van der Waals surface area contributed by atoms with E-state index in [1.54, 1.807) is 24.3 Å². The molecular formula is C28H29ClFNO5. The molecule has 0 saturated carbocycles. The van der Waals surface area contributed by atoms with E-state index < -0.39 is 18.1 Å². The zero-order chi connectivity index (χ0) is 25.9. The lowest BCUT2D eigenvalue weighted by Crippen LogP contribution is -2.52. The highest BCUT2D eigenvalue weighted by Gasteiger charge is 2.32. The van der Waals surface area contributed by atoms with Crippen LogP contribution in [-0.4, -0.2) is 34.9 Å². The van der Waals surface area contributed by atoms with Crippen LogP contribution in [0.5, 0.6) is 11.5 Å². The Balaban J connectivity index is 1.60. The lowest BCUT2D eigenvalue weighted by Gasteiger charge is -2.25. The van der Waals surface area contributed by atoms with Crippen LogP contribution in [0.2, 0.25) is 5.02 Å². The molecule has 0 aromatic heterocycles. The molecule has 8 heteroatoms. The maximum absolute atomic E-state index is 14.5. The summed E-state index contributed by atoms with van der Waals surface area (Å²) in [5.74, 6) is -0.470. The Morgan fingerprint density at radius 3 is 2.61 bits per heavy atom. The molecule has 0 aliphatic heterocycles. The Morgan fingerprint density at radius 1 is 1.17 bits per heavy atom. The van der Waals surface area contributed by atoms with Crippen molar-refractivity contribution in [1.29, 1.82) is 0 Å². The maximum Gasteiger partial charge on any atom is 0.326 e. The molecule has 0 amide bonds. The van der Waals surface area contributed by atoms with Crippen molar-refractivity contribution in [3.8, 4) is 22.6 Å². The summed E-state index contributed by atoms with van der Waals surface area (Å²) in [5, 5.41) is 22.1. The molecule has 0 spiro atoms. The van der Waals surface area contributed by atoms with E-state index in [9.17, 15) is 19.4 Å². The van der Waals surface area contributed by atoms with Gasteiger partial charge in [0.2, 0.25) is 0 Å². The molecule has 3 aromatic rings. The first-order valence-electron chi connectivity index (χ1n) is 11.8. The van der Waals surface area contributed by atoms with Crippen molar-refractivity contribution in [2.24, 2.45) is 0 Å². The number of benzene rings is 3. The third-order valence-corrected chi connectivity index (χ3v) is 6.82. The average Bonchev–Trinajstić information content (AvgIpc) is 3.28. The Morgan fingerprint density at radius 2 is 1.92 bits per heavy atom. The Kier molecular flexibility index (Phi) is 7.83. The average molecular weight is 514 g/mol. The zero-order valence-electron chi connectivity index (χ0n) is 20.2. The van der Waals surface area contributed by atoms with Crippen LogP contribution < -0.4 is 14.8 Å². The smallest absolute Gasteiger partial charge is 0.326 e. The molecule has 1 aliphatic rings. The van der Waals surface area contributed by atoms with E-state index in [0.29, 0.717) is 34.3 Å². The highest BCUT2D eigenvalue weighted by Crippen LogP contribution is 2.43. The molecule has 1 aliphatic carbocycles. The fourth-order valence-corrected chi connectivity index (χ4v) is 4.64. The van der Waals surface area contributed by atoms with Gasteiger partial charge in [-0.05, 0) is 55.5 Å². The summed E-state index contributed by atoms with van der Waals surface area (Å²) in [6, 6.07) is 16.0. The molecule has 190 valence electrons. The molecule has 0 bridgehead atoms. The molecule has 0 radical (unpaired) electrons. The first-order chi connectivity index (χ1) is 17.3. The van der Waals surface area contributed by atoms with Crippen molar-refractivity contribution >= 4 is 17.6 Å². The minimum atomic E-state index is -1.51. The number of aliphatic hydroxyl groups excluding tert-OH is 1. The van der Waals surface area contributed by atoms with Gasteiger partial charge >= 0.3 is 5.97 Å². The van der Waals surface area contributed by atoms with Gasteiger partial charge in [0.05, 0.1) is 18.2 Å². The standard InChI is InChI=1S/C28H29ClFNO5/c1-3-35-25-14-26(22(29)13-17(25)15-31-28(2,16-32)27(33)34)36-24-12-11-19-18(8-6-9-21(19)24)20-7-4-5-10-23(20)30/h4-10,13-14,24,31-32H,3,11-12,15-16H2,1-2H3,(H,33,34)/t24-,28?/m0/s1. The quantitative estimate of drug-likeness (QED) is 0.330. The SMILES string of the molecule is CCOc1cc(O[C@H]2CCc3c(-c4ccccc4F)cccc32)c(Cl)cc1CNC(C)(CO)C(=O)O. The summed E-state index contributed by atoms with van der Waals surface area (Å²) in [4.78, 5) is 11.5. The van der Waals surface area contributed by atoms with Gasteiger partial charge < -0.3 is 19.7 Å². The van der Waals surface area contributed by atoms with Crippen LogP contribution in [0.15, 0.2) is 54.6 Å². The number of carboxylic acids is 1. The summed E-state index contributed by atoms with van der Waals surface area (Å²) in [6.45, 7) is 3.19. The Bertz CT molecular complexity index is 1270. The molecule has 0 heterocycles. The normalized spacial score (nSPS) is 16.3. The van der Waals surface area contributed by atoms with Crippen molar-refractivity contribution in [1.82, 2.24) is 5.32 Å². The van der Waals surface area contributed by atoms with Gasteiger partial charge in [-0.2, -0.15) is 0 Å². The second-order valence-corrected chi connectivity index (χ2v) is 9.38. The van der Waals surface area contributed by atoms with E-state index in [-0.39, 0.29) is 18.5 Å². The third-order valence-electron chi connectivity index (χ3n) is 6.52. The summed E-state index contributed by atoms with van der Waals surface area (Å²) >= 11 is 6.58. The summed E-state index contributed by atoms with van der Waals surface area (Å²) in [6.07, 6.45) is 1.21. The van der Waals surface area contributed by atoms with Crippen LogP contribution in [-0.2, 0) is 17.8 Å². The number of nitrogens with one attached hydrogen (secondary N) is 1. The molecule has 36 heavy (non-hydrogen) atoms.